The normalized spacial score (nSPS) is 15.3. The molecule has 2 aromatic carbocycles. The van der Waals surface area contributed by atoms with E-state index in [1.807, 2.05) is 18.2 Å². The van der Waals surface area contributed by atoms with E-state index in [1.165, 1.54) is 0 Å². The van der Waals surface area contributed by atoms with Crippen LogP contribution in [0.25, 0.3) is 10.9 Å². The second-order valence-electron chi connectivity index (χ2n) is 8.98. The Labute approximate surface area is 204 Å². The first-order valence-electron chi connectivity index (χ1n) is 11.8. The molecule has 0 spiro atoms. The van der Waals surface area contributed by atoms with E-state index in [4.69, 9.17) is 14.5 Å². The average Bonchev–Trinajstić information content (AvgIpc) is 3.31. The van der Waals surface area contributed by atoms with Crippen molar-refractivity contribution in [1.29, 1.82) is 0 Å². The van der Waals surface area contributed by atoms with Gasteiger partial charge < -0.3 is 29.9 Å². The van der Waals surface area contributed by atoms with Crippen molar-refractivity contribution in [2.45, 2.75) is 19.8 Å². The quantitative estimate of drug-likeness (QED) is 0.564. The molecule has 0 unspecified atom stereocenters. The van der Waals surface area contributed by atoms with E-state index >= 15 is 0 Å². The molecule has 5 rings (SSSR count). The summed E-state index contributed by atoms with van der Waals surface area (Å²) in [6.45, 7) is 6.22. The van der Waals surface area contributed by atoms with Crippen molar-refractivity contribution in [3.63, 3.8) is 0 Å². The molecule has 9 heteroatoms. The van der Waals surface area contributed by atoms with Crippen LogP contribution in [0.2, 0.25) is 0 Å². The number of piperazine rings is 1. The van der Waals surface area contributed by atoms with Gasteiger partial charge in [-0.1, -0.05) is 0 Å². The van der Waals surface area contributed by atoms with Crippen LogP contribution in [-0.4, -0.2) is 61.7 Å². The number of aryl methyl sites for hydroxylation is 1. The van der Waals surface area contributed by atoms with Crippen molar-refractivity contribution < 1.29 is 19.1 Å². The summed E-state index contributed by atoms with van der Waals surface area (Å²) >= 11 is 0. The number of hydrogen-bond acceptors (Lipinski definition) is 7. The summed E-state index contributed by atoms with van der Waals surface area (Å²) in [6.07, 6.45) is 0.150. The first kappa shape index (κ1) is 22.9. The predicted octanol–water partition coefficient (Wildman–Crippen LogP) is 3.38. The molecular weight excluding hydrogens is 446 g/mol. The van der Waals surface area contributed by atoms with Gasteiger partial charge in [-0.2, -0.15) is 0 Å². The number of nitrogens with one attached hydrogen (secondary N) is 2. The highest BCUT2D eigenvalue weighted by atomic mass is 16.7. The molecule has 2 aliphatic rings. The summed E-state index contributed by atoms with van der Waals surface area (Å²) < 4.78 is 10.6. The van der Waals surface area contributed by atoms with Crippen molar-refractivity contribution in [1.82, 2.24) is 9.88 Å². The van der Waals surface area contributed by atoms with Gasteiger partial charge in [0.15, 0.2) is 11.5 Å². The Hall–Kier alpha value is -3.85. The Morgan fingerprint density at radius 3 is 2.29 bits per heavy atom. The molecule has 3 heterocycles. The molecule has 3 aromatic rings. The first-order chi connectivity index (χ1) is 16.9. The zero-order chi connectivity index (χ0) is 24.4. The van der Waals surface area contributed by atoms with Crippen LogP contribution in [0.4, 0.5) is 17.2 Å². The molecule has 1 fully saturated rings. The third kappa shape index (κ3) is 5.30. The van der Waals surface area contributed by atoms with E-state index in [0.29, 0.717) is 22.9 Å². The molecule has 182 valence electrons. The van der Waals surface area contributed by atoms with E-state index in [2.05, 4.69) is 40.5 Å². The fourth-order valence-corrected chi connectivity index (χ4v) is 4.30. The van der Waals surface area contributed by atoms with Crippen molar-refractivity contribution in [2.75, 3.05) is 55.6 Å². The molecule has 2 N–H and O–H groups in total. The van der Waals surface area contributed by atoms with Crippen molar-refractivity contribution in [3.8, 4) is 11.5 Å². The fourth-order valence-electron chi connectivity index (χ4n) is 4.30. The highest BCUT2D eigenvalue weighted by Gasteiger charge is 2.17. The monoisotopic (exact) mass is 475 g/mol. The lowest BCUT2D eigenvalue weighted by Crippen LogP contribution is -2.44. The van der Waals surface area contributed by atoms with E-state index in [-0.39, 0.29) is 31.4 Å². The molecule has 2 amide bonds. The second-order valence-corrected chi connectivity index (χ2v) is 8.98. The number of rotatable bonds is 6. The Bertz CT molecular complexity index is 1270. The maximum absolute atomic E-state index is 12.5. The standard InChI is InChI=1S/C26H29N5O4/c1-17-13-24(31-11-9-30(2)10-12-31)29-21-5-3-18(14-20(17)21)27-25(32)7-8-26(33)28-19-4-6-22-23(15-19)35-16-34-22/h3-6,13-15H,7-12,16H2,1-2H3,(H,27,32)(H,28,33). The number of nitrogens with zero attached hydrogens (tertiary/aromatic N) is 3. The van der Waals surface area contributed by atoms with Gasteiger partial charge in [0.1, 0.15) is 5.82 Å². The van der Waals surface area contributed by atoms with Crippen LogP contribution < -0.4 is 25.0 Å². The van der Waals surface area contributed by atoms with Crippen LogP contribution in [-0.2, 0) is 9.59 Å². The van der Waals surface area contributed by atoms with Gasteiger partial charge in [0.25, 0.3) is 0 Å². The molecule has 9 nitrogen and oxygen atoms in total. The first-order valence-corrected chi connectivity index (χ1v) is 11.8. The number of ether oxygens (including phenoxy) is 2. The summed E-state index contributed by atoms with van der Waals surface area (Å²) in [5.41, 5.74) is 3.31. The van der Waals surface area contributed by atoms with Crippen LogP contribution in [0.5, 0.6) is 11.5 Å². The van der Waals surface area contributed by atoms with Gasteiger partial charge >= 0.3 is 0 Å². The number of carbonyl (C=O) groups is 2. The lowest BCUT2D eigenvalue weighted by Gasteiger charge is -2.33. The maximum Gasteiger partial charge on any atom is 0.231 e. The summed E-state index contributed by atoms with van der Waals surface area (Å²) in [7, 11) is 2.14. The zero-order valence-electron chi connectivity index (χ0n) is 20.0. The predicted molar refractivity (Wildman–Crippen MR) is 135 cm³/mol. The maximum atomic E-state index is 12.5. The summed E-state index contributed by atoms with van der Waals surface area (Å²) in [4.78, 5) is 34.3. The topological polar surface area (TPSA) is 96.0 Å². The number of amides is 2. The Kier molecular flexibility index (Phi) is 6.41. The van der Waals surface area contributed by atoms with Gasteiger partial charge in [-0.05, 0) is 55.9 Å². The zero-order valence-corrected chi connectivity index (χ0v) is 20.0. The molecular formula is C26H29N5O4. The summed E-state index contributed by atoms with van der Waals surface area (Å²) in [6, 6.07) is 13.0. The number of anilines is 3. The lowest BCUT2D eigenvalue weighted by atomic mass is 10.1. The highest BCUT2D eigenvalue weighted by Crippen LogP contribution is 2.34. The number of carbonyl (C=O) groups excluding carboxylic acids is 2. The highest BCUT2D eigenvalue weighted by molar-refractivity contribution is 5.98. The minimum absolute atomic E-state index is 0.0722. The molecule has 0 saturated carbocycles. The fraction of sp³-hybridized carbons (Fsp3) is 0.346. The number of pyridine rings is 1. The van der Waals surface area contributed by atoms with E-state index < -0.39 is 0 Å². The molecule has 1 aromatic heterocycles. The van der Waals surface area contributed by atoms with Gasteiger partial charge in [0, 0.05) is 61.8 Å². The molecule has 2 aliphatic heterocycles. The lowest BCUT2D eigenvalue weighted by molar-refractivity contribution is -0.121. The van der Waals surface area contributed by atoms with Crippen LogP contribution in [0.15, 0.2) is 42.5 Å². The van der Waals surface area contributed by atoms with Crippen LogP contribution in [0, 0.1) is 6.92 Å². The Morgan fingerprint density at radius 2 is 1.54 bits per heavy atom. The van der Waals surface area contributed by atoms with Gasteiger partial charge in [-0.25, -0.2) is 4.98 Å². The Balaban J connectivity index is 1.17. The van der Waals surface area contributed by atoms with Crippen molar-refractivity contribution in [2.24, 2.45) is 0 Å². The number of hydrogen-bond donors (Lipinski definition) is 2. The number of fused-ring (bicyclic) bond motifs is 2. The van der Waals surface area contributed by atoms with E-state index in [1.54, 1.807) is 18.2 Å². The minimum atomic E-state index is -0.242. The number of aromatic nitrogens is 1. The third-order valence-electron chi connectivity index (χ3n) is 6.35. The molecule has 0 aliphatic carbocycles. The van der Waals surface area contributed by atoms with Crippen LogP contribution in [0.1, 0.15) is 18.4 Å². The molecule has 1 saturated heterocycles. The number of likely N-dealkylation sites (N-methyl/N-ethyl adjacent to an activating group) is 1. The minimum Gasteiger partial charge on any atom is -0.454 e. The van der Waals surface area contributed by atoms with Gasteiger partial charge in [0.05, 0.1) is 5.52 Å². The van der Waals surface area contributed by atoms with E-state index in [9.17, 15) is 9.59 Å². The molecule has 0 radical (unpaired) electrons. The van der Waals surface area contributed by atoms with Crippen molar-refractivity contribution >= 4 is 39.9 Å². The molecule has 35 heavy (non-hydrogen) atoms. The molecule has 0 atom stereocenters. The van der Waals surface area contributed by atoms with E-state index in [0.717, 1.165) is 48.5 Å². The van der Waals surface area contributed by atoms with Crippen LogP contribution in [0.3, 0.4) is 0 Å². The smallest absolute Gasteiger partial charge is 0.231 e. The van der Waals surface area contributed by atoms with Gasteiger partial charge in [-0.15, -0.1) is 0 Å². The SMILES string of the molecule is Cc1cc(N2CCN(C)CC2)nc2ccc(NC(=O)CCC(=O)Nc3ccc4c(c3)OCO4)cc12. The van der Waals surface area contributed by atoms with Gasteiger partial charge in [0.2, 0.25) is 18.6 Å². The third-order valence-corrected chi connectivity index (χ3v) is 6.35. The second kappa shape index (κ2) is 9.79. The largest absolute Gasteiger partial charge is 0.454 e. The summed E-state index contributed by atoms with van der Waals surface area (Å²) in [5, 5.41) is 6.69. The number of benzene rings is 2. The summed E-state index contributed by atoms with van der Waals surface area (Å²) in [5.74, 6) is 1.78. The van der Waals surface area contributed by atoms with Crippen LogP contribution >= 0.6 is 0 Å². The average molecular weight is 476 g/mol. The molecule has 0 bridgehead atoms. The Morgan fingerprint density at radius 1 is 0.886 bits per heavy atom. The van der Waals surface area contributed by atoms with Gasteiger partial charge in [-0.3, -0.25) is 9.59 Å². The van der Waals surface area contributed by atoms with Crippen molar-refractivity contribution in [3.05, 3.63) is 48.0 Å².